The molecule has 1 fully saturated rings. The molecule has 4 nitrogen and oxygen atoms in total. The van der Waals surface area contributed by atoms with E-state index >= 15 is 0 Å². The van der Waals surface area contributed by atoms with E-state index in [9.17, 15) is 18.0 Å². The lowest BCUT2D eigenvalue weighted by atomic mass is 9.85. The zero-order valence-corrected chi connectivity index (χ0v) is 17.7. The van der Waals surface area contributed by atoms with Gasteiger partial charge < -0.3 is 15.4 Å². The fourth-order valence-corrected chi connectivity index (χ4v) is 4.40. The summed E-state index contributed by atoms with van der Waals surface area (Å²) < 4.78 is 44.3. The summed E-state index contributed by atoms with van der Waals surface area (Å²) in [5, 5.41) is 6.36. The van der Waals surface area contributed by atoms with Crippen molar-refractivity contribution in [1.29, 1.82) is 0 Å². The van der Waals surface area contributed by atoms with Crippen LogP contribution in [0.15, 0.2) is 36.4 Å². The van der Waals surface area contributed by atoms with Crippen LogP contribution in [0.1, 0.15) is 52.7 Å². The smallest absolute Gasteiger partial charge is 0.385 e. The third-order valence-electron chi connectivity index (χ3n) is 6.04. The molecule has 1 saturated carbocycles. The molecular weight excluding hydrogens is 429 g/mol. The number of nitrogens with one attached hydrogen (secondary N) is 2. The predicted octanol–water partition coefficient (Wildman–Crippen LogP) is 5.79. The van der Waals surface area contributed by atoms with Crippen LogP contribution in [0.4, 0.5) is 18.9 Å². The van der Waals surface area contributed by atoms with Crippen molar-refractivity contribution in [1.82, 2.24) is 5.32 Å². The van der Waals surface area contributed by atoms with Crippen LogP contribution in [0.2, 0.25) is 5.02 Å². The number of fused-ring (bicyclic) bond motifs is 1. The molecule has 2 aliphatic rings. The molecule has 2 aromatic rings. The molecule has 2 aromatic carbocycles. The summed E-state index contributed by atoms with van der Waals surface area (Å²) in [5.74, 6) is -0.0761. The molecule has 1 amide bonds. The van der Waals surface area contributed by atoms with Gasteiger partial charge in [-0.1, -0.05) is 17.7 Å². The first-order valence-corrected chi connectivity index (χ1v) is 10.8. The van der Waals surface area contributed by atoms with E-state index < -0.39 is 17.6 Å². The second-order valence-electron chi connectivity index (χ2n) is 8.24. The fourth-order valence-electron chi connectivity index (χ4n) is 4.19. The Balaban J connectivity index is 1.27. The van der Waals surface area contributed by atoms with Crippen molar-refractivity contribution in [2.24, 2.45) is 5.92 Å². The standard InChI is InChI=1S/C23H24ClF3N2O2/c24-21-8-4-17(23(25,26)27)10-20(21)22(30)29-18-5-1-14(2-6-18)11-28-19-7-3-15-12-31-13-16(15)9-19/h3-4,7-10,14,18,28H,1-2,5-6,11-13H2,(H,29,30). The van der Waals surface area contributed by atoms with E-state index in [1.165, 1.54) is 11.1 Å². The van der Waals surface area contributed by atoms with Gasteiger partial charge in [0.15, 0.2) is 0 Å². The Morgan fingerprint density at radius 1 is 1.03 bits per heavy atom. The number of carbonyl (C=O) groups is 1. The Morgan fingerprint density at radius 2 is 1.77 bits per heavy atom. The molecule has 0 spiro atoms. The van der Waals surface area contributed by atoms with Crippen LogP contribution in [0, 0.1) is 5.92 Å². The third-order valence-corrected chi connectivity index (χ3v) is 6.37. The Hall–Kier alpha value is -2.25. The van der Waals surface area contributed by atoms with Crippen LogP contribution in [-0.4, -0.2) is 18.5 Å². The van der Waals surface area contributed by atoms with Crippen molar-refractivity contribution in [3.05, 3.63) is 63.7 Å². The van der Waals surface area contributed by atoms with Crippen molar-refractivity contribution in [2.45, 2.75) is 51.1 Å². The Bertz CT molecular complexity index is 956. The molecule has 166 valence electrons. The molecule has 4 rings (SSSR count). The largest absolute Gasteiger partial charge is 0.416 e. The highest BCUT2D eigenvalue weighted by molar-refractivity contribution is 6.33. The van der Waals surface area contributed by atoms with Crippen LogP contribution in [0.3, 0.4) is 0 Å². The van der Waals surface area contributed by atoms with E-state index in [1.807, 2.05) is 0 Å². The number of amides is 1. The molecule has 0 radical (unpaired) electrons. The number of hydrogen-bond acceptors (Lipinski definition) is 3. The van der Waals surface area contributed by atoms with Gasteiger partial charge in [0.2, 0.25) is 0 Å². The highest BCUT2D eigenvalue weighted by Gasteiger charge is 2.32. The zero-order valence-electron chi connectivity index (χ0n) is 16.9. The number of halogens is 4. The second-order valence-corrected chi connectivity index (χ2v) is 8.65. The maximum atomic E-state index is 12.9. The quantitative estimate of drug-likeness (QED) is 0.603. The van der Waals surface area contributed by atoms with Gasteiger partial charge in [0.25, 0.3) is 5.91 Å². The minimum atomic E-state index is -4.52. The molecule has 1 heterocycles. The minimum absolute atomic E-state index is 0.0168. The first kappa shape index (κ1) is 22.0. The third kappa shape index (κ3) is 5.33. The van der Waals surface area contributed by atoms with E-state index in [4.69, 9.17) is 16.3 Å². The maximum Gasteiger partial charge on any atom is 0.416 e. The molecule has 8 heteroatoms. The highest BCUT2D eigenvalue weighted by Crippen LogP contribution is 2.32. The normalized spacial score (nSPS) is 20.9. The SMILES string of the molecule is O=C(NC1CCC(CNc2ccc3c(c2)COC3)CC1)c1cc(C(F)(F)F)ccc1Cl. The molecule has 1 aliphatic carbocycles. The molecule has 0 bridgehead atoms. The van der Waals surface area contributed by atoms with E-state index in [1.54, 1.807) is 0 Å². The van der Waals surface area contributed by atoms with E-state index in [-0.39, 0.29) is 16.6 Å². The molecule has 0 unspecified atom stereocenters. The van der Waals surface area contributed by atoms with E-state index in [0.717, 1.165) is 56.1 Å². The summed E-state index contributed by atoms with van der Waals surface area (Å²) in [7, 11) is 0. The van der Waals surface area contributed by atoms with Gasteiger partial charge in [-0.3, -0.25) is 4.79 Å². The van der Waals surface area contributed by atoms with Crippen LogP contribution in [-0.2, 0) is 24.1 Å². The highest BCUT2D eigenvalue weighted by atomic mass is 35.5. The second kappa shape index (κ2) is 9.09. The number of rotatable bonds is 5. The van der Waals surface area contributed by atoms with Crippen molar-refractivity contribution in [3.63, 3.8) is 0 Å². The number of hydrogen-bond donors (Lipinski definition) is 2. The number of alkyl halides is 3. The lowest BCUT2D eigenvalue weighted by Crippen LogP contribution is -2.38. The Kier molecular flexibility index (Phi) is 6.44. The van der Waals surface area contributed by atoms with Crippen LogP contribution >= 0.6 is 11.6 Å². The Morgan fingerprint density at radius 3 is 2.52 bits per heavy atom. The van der Waals surface area contributed by atoms with Gasteiger partial charge in [0.1, 0.15) is 0 Å². The van der Waals surface area contributed by atoms with E-state index in [2.05, 4.69) is 28.8 Å². The van der Waals surface area contributed by atoms with E-state index in [0.29, 0.717) is 19.1 Å². The fraction of sp³-hybridized carbons (Fsp3) is 0.435. The maximum absolute atomic E-state index is 12.9. The van der Waals surface area contributed by atoms with Crippen molar-refractivity contribution in [2.75, 3.05) is 11.9 Å². The van der Waals surface area contributed by atoms with Crippen LogP contribution < -0.4 is 10.6 Å². The molecule has 0 aromatic heterocycles. The minimum Gasteiger partial charge on any atom is -0.385 e. The lowest BCUT2D eigenvalue weighted by molar-refractivity contribution is -0.137. The molecule has 2 N–H and O–H groups in total. The summed E-state index contributed by atoms with van der Waals surface area (Å²) >= 11 is 5.97. The molecule has 31 heavy (non-hydrogen) atoms. The predicted molar refractivity (Wildman–Crippen MR) is 113 cm³/mol. The van der Waals surface area contributed by atoms with Gasteiger partial charge in [-0.15, -0.1) is 0 Å². The Labute approximate surface area is 184 Å². The average Bonchev–Trinajstić information content (AvgIpc) is 3.20. The molecule has 1 aliphatic heterocycles. The lowest BCUT2D eigenvalue weighted by Gasteiger charge is -2.29. The number of anilines is 1. The van der Waals surface area contributed by atoms with Gasteiger partial charge in [-0.2, -0.15) is 13.2 Å². The van der Waals surface area contributed by atoms with Gasteiger partial charge >= 0.3 is 6.18 Å². The summed E-state index contributed by atoms with van der Waals surface area (Å²) in [6.45, 7) is 2.18. The summed E-state index contributed by atoms with van der Waals surface area (Å²) in [6, 6.07) is 9.04. The molecule has 0 saturated heterocycles. The van der Waals surface area contributed by atoms with Crippen molar-refractivity contribution in [3.8, 4) is 0 Å². The summed E-state index contributed by atoms with van der Waals surface area (Å²) in [6.07, 6.45) is -1.08. The number of ether oxygens (including phenoxy) is 1. The van der Waals surface area contributed by atoms with Gasteiger partial charge in [-0.25, -0.2) is 0 Å². The van der Waals surface area contributed by atoms with Crippen LogP contribution in [0.25, 0.3) is 0 Å². The summed E-state index contributed by atoms with van der Waals surface area (Å²) in [4.78, 5) is 12.5. The first-order valence-electron chi connectivity index (χ1n) is 10.4. The van der Waals surface area contributed by atoms with Gasteiger partial charge in [0, 0.05) is 18.3 Å². The van der Waals surface area contributed by atoms with Crippen molar-refractivity contribution < 1.29 is 22.7 Å². The molecular formula is C23H24ClF3N2O2. The first-order chi connectivity index (χ1) is 14.8. The summed E-state index contributed by atoms with van der Waals surface area (Å²) in [5.41, 5.74) is 2.53. The average molecular weight is 453 g/mol. The monoisotopic (exact) mass is 452 g/mol. The number of carbonyl (C=O) groups excluding carboxylic acids is 1. The topological polar surface area (TPSA) is 50.4 Å². The molecule has 0 atom stereocenters. The number of benzene rings is 2. The van der Waals surface area contributed by atoms with Crippen LogP contribution in [0.5, 0.6) is 0 Å². The van der Waals surface area contributed by atoms with Gasteiger partial charge in [-0.05, 0) is 73.1 Å². The zero-order chi connectivity index (χ0) is 22.0. The van der Waals surface area contributed by atoms with Gasteiger partial charge in [0.05, 0.1) is 29.4 Å². The van der Waals surface area contributed by atoms with Crippen molar-refractivity contribution >= 4 is 23.2 Å².